The topological polar surface area (TPSA) is 123 Å². The van der Waals surface area contributed by atoms with Crippen LogP contribution in [0, 0.1) is 0 Å². The molecule has 0 unspecified atom stereocenters. The molecule has 1 aromatic carbocycles. The number of nitrogens with one attached hydrogen (secondary N) is 2. The number of aliphatic hydroxyl groups excluding tert-OH is 1. The number of hydrogen-bond acceptors (Lipinski definition) is 7. The minimum absolute atomic E-state index is 0.0982. The summed E-state index contributed by atoms with van der Waals surface area (Å²) in [6, 6.07) is 5.09. The van der Waals surface area contributed by atoms with Crippen LogP contribution in [0.2, 0.25) is 0 Å². The molecule has 2 aliphatic heterocycles. The summed E-state index contributed by atoms with van der Waals surface area (Å²) in [6.07, 6.45) is 0.486. The van der Waals surface area contributed by atoms with Crippen molar-refractivity contribution in [3.05, 3.63) is 23.8 Å². The Morgan fingerprint density at radius 2 is 2.18 bits per heavy atom. The van der Waals surface area contributed by atoms with Crippen LogP contribution in [0.3, 0.4) is 0 Å². The van der Waals surface area contributed by atoms with Crippen LogP contribution in [0.1, 0.15) is 24.3 Å². The van der Waals surface area contributed by atoms with E-state index in [2.05, 4.69) is 10.0 Å². The smallest absolute Gasteiger partial charge is 0.229 e. The standard InChI is InChI=1S/C18H26N2O7S/c1-25-6-5-19-17(22)9-12-8-14-13-7-11(20-28(2,23)24)3-4-15(13)27-18(14)16(10-21)26-12/h3-4,7,12,14,16,18,20-21H,5-6,8-10H2,1-2H3,(H,19,22)/t12-,14-,16+,18+/m0/s1. The first kappa shape index (κ1) is 20.8. The molecule has 0 aliphatic carbocycles. The van der Waals surface area contributed by atoms with Crippen LogP contribution in [0.15, 0.2) is 18.2 Å². The largest absolute Gasteiger partial charge is 0.487 e. The molecule has 1 fully saturated rings. The van der Waals surface area contributed by atoms with Crippen LogP contribution < -0.4 is 14.8 Å². The highest BCUT2D eigenvalue weighted by atomic mass is 32.2. The molecule has 2 aliphatic rings. The number of carbonyl (C=O) groups is 1. The maximum absolute atomic E-state index is 12.1. The second-order valence-corrected chi connectivity index (χ2v) is 8.83. The maximum atomic E-state index is 12.1. The first-order chi connectivity index (χ1) is 13.3. The van der Waals surface area contributed by atoms with Gasteiger partial charge >= 0.3 is 0 Å². The van der Waals surface area contributed by atoms with Crippen LogP contribution in [-0.4, -0.2) is 70.9 Å². The maximum Gasteiger partial charge on any atom is 0.229 e. The minimum Gasteiger partial charge on any atom is -0.487 e. The third kappa shape index (κ3) is 4.93. The second-order valence-electron chi connectivity index (χ2n) is 7.08. The molecule has 156 valence electrons. The number of amides is 1. The van der Waals surface area contributed by atoms with Gasteiger partial charge in [-0.3, -0.25) is 9.52 Å². The molecule has 0 spiro atoms. The van der Waals surface area contributed by atoms with Crippen molar-refractivity contribution >= 4 is 21.6 Å². The van der Waals surface area contributed by atoms with E-state index in [-0.39, 0.29) is 37.1 Å². The second kappa shape index (κ2) is 8.64. The molecule has 4 atom stereocenters. The predicted octanol–water partition coefficient (Wildman–Crippen LogP) is 0.205. The summed E-state index contributed by atoms with van der Waals surface area (Å²) in [5.41, 5.74) is 1.30. The van der Waals surface area contributed by atoms with Crippen molar-refractivity contribution in [1.29, 1.82) is 0 Å². The quantitative estimate of drug-likeness (QED) is 0.520. The van der Waals surface area contributed by atoms with Crippen LogP contribution in [0.4, 0.5) is 5.69 Å². The Kier molecular flexibility index (Phi) is 6.43. The van der Waals surface area contributed by atoms with Gasteiger partial charge in [-0.15, -0.1) is 0 Å². The molecule has 3 N–H and O–H groups in total. The van der Waals surface area contributed by atoms with Crippen molar-refractivity contribution in [2.45, 2.75) is 37.1 Å². The molecule has 1 aromatic rings. The van der Waals surface area contributed by atoms with Crippen LogP contribution in [0.25, 0.3) is 0 Å². The molecule has 1 amide bonds. The summed E-state index contributed by atoms with van der Waals surface area (Å²) in [4.78, 5) is 12.1. The van der Waals surface area contributed by atoms with E-state index in [9.17, 15) is 18.3 Å². The lowest BCUT2D eigenvalue weighted by Gasteiger charge is -2.37. The third-order valence-corrected chi connectivity index (χ3v) is 5.45. The predicted molar refractivity (Wildman–Crippen MR) is 102 cm³/mol. The Balaban J connectivity index is 1.74. The van der Waals surface area contributed by atoms with Crippen LogP contribution in [-0.2, 0) is 24.3 Å². The van der Waals surface area contributed by atoms with Crippen molar-refractivity contribution in [2.24, 2.45) is 0 Å². The molecule has 0 bridgehead atoms. The summed E-state index contributed by atoms with van der Waals surface area (Å²) in [7, 11) is -1.83. The monoisotopic (exact) mass is 414 g/mol. The fourth-order valence-electron chi connectivity index (χ4n) is 3.74. The summed E-state index contributed by atoms with van der Waals surface area (Å²) in [5.74, 6) is 0.393. The molecule has 0 saturated carbocycles. The third-order valence-electron chi connectivity index (χ3n) is 4.84. The van der Waals surface area contributed by atoms with Gasteiger partial charge in [-0.2, -0.15) is 0 Å². The number of hydrogen-bond donors (Lipinski definition) is 3. The van der Waals surface area contributed by atoms with Gasteiger partial charge in [0, 0.05) is 30.8 Å². The van der Waals surface area contributed by atoms with Crippen molar-refractivity contribution in [2.75, 3.05) is 37.8 Å². The van der Waals surface area contributed by atoms with Gasteiger partial charge in [-0.1, -0.05) is 0 Å². The average Bonchev–Trinajstić information content (AvgIpc) is 2.98. The first-order valence-electron chi connectivity index (χ1n) is 9.11. The van der Waals surface area contributed by atoms with Gasteiger partial charge in [0.05, 0.1) is 32.0 Å². The van der Waals surface area contributed by atoms with Crippen molar-refractivity contribution in [3.63, 3.8) is 0 Å². The Hall–Kier alpha value is -1.88. The molecule has 10 heteroatoms. The molecular formula is C18H26N2O7S. The molecule has 9 nitrogen and oxygen atoms in total. The van der Waals surface area contributed by atoms with Gasteiger partial charge in [0.15, 0.2) is 0 Å². The zero-order valence-electron chi connectivity index (χ0n) is 15.9. The number of ether oxygens (including phenoxy) is 3. The van der Waals surface area contributed by atoms with Gasteiger partial charge < -0.3 is 24.6 Å². The number of sulfonamides is 1. The van der Waals surface area contributed by atoms with Crippen molar-refractivity contribution in [1.82, 2.24) is 5.32 Å². The van der Waals surface area contributed by atoms with Gasteiger partial charge in [0.1, 0.15) is 18.0 Å². The van der Waals surface area contributed by atoms with Gasteiger partial charge in [0.2, 0.25) is 15.9 Å². The van der Waals surface area contributed by atoms with Crippen LogP contribution >= 0.6 is 0 Å². The number of aliphatic hydroxyl groups is 1. The number of carbonyl (C=O) groups excluding carboxylic acids is 1. The highest BCUT2D eigenvalue weighted by Crippen LogP contribution is 2.47. The zero-order chi connectivity index (χ0) is 20.3. The fraction of sp³-hybridized carbons (Fsp3) is 0.611. The van der Waals surface area contributed by atoms with E-state index in [1.807, 2.05) is 0 Å². The molecule has 2 heterocycles. The van der Waals surface area contributed by atoms with Crippen LogP contribution in [0.5, 0.6) is 5.75 Å². The van der Waals surface area contributed by atoms with Crippen molar-refractivity contribution < 1.29 is 32.5 Å². The van der Waals surface area contributed by atoms with E-state index in [1.165, 1.54) is 0 Å². The minimum atomic E-state index is -3.40. The van der Waals surface area contributed by atoms with Crippen molar-refractivity contribution in [3.8, 4) is 5.75 Å². The van der Waals surface area contributed by atoms with Gasteiger partial charge in [-0.05, 0) is 24.6 Å². The lowest BCUT2D eigenvalue weighted by molar-refractivity contribution is -0.142. The first-order valence-corrected chi connectivity index (χ1v) is 11.0. The lowest BCUT2D eigenvalue weighted by atomic mass is 9.84. The molecular weight excluding hydrogens is 388 g/mol. The fourth-order valence-corrected chi connectivity index (χ4v) is 4.29. The molecule has 1 saturated heterocycles. The molecule has 0 radical (unpaired) electrons. The Morgan fingerprint density at radius 3 is 2.86 bits per heavy atom. The number of anilines is 1. The van der Waals surface area contributed by atoms with E-state index in [0.717, 1.165) is 11.8 Å². The normalized spacial score (nSPS) is 26.1. The zero-order valence-corrected chi connectivity index (χ0v) is 16.7. The van der Waals surface area contributed by atoms with E-state index in [4.69, 9.17) is 14.2 Å². The Bertz CT molecular complexity index is 814. The van der Waals surface area contributed by atoms with E-state index >= 15 is 0 Å². The van der Waals surface area contributed by atoms with E-state index < -0.39 is 16.1 Å². The highest BCUT2D eigenvalue weighted by molar-refractivity contribution is 7.92. The lowest BCUT2D eigenvalue weighted by Crippen LogP contribution is -2.47. The Morgan fingerprint density at radius 1 is 1.39 bits per heavy atom. The summed E-state index contributed by atoms with van der Waals surface area (Å²) in [5, 5.41) is 12.5. The summed E-state index contributed by atoms with van der Waals surface area (Å²) >= 11 is 0. The van der Waals surface area contributed by atoms with Gasteiger partial charge in [-0.25, -0.2) is 8.42 Å². The molecule has 0 aromatic heterocycles. The van der Waals surface area contributed by atoms with E-state index in [0.29, 0.717) is 31.0 Å². The number of rotatable bonds is 8. The summed E-state index contributed by atoms with van der Waals surface area (Å²) in [6.45, 7) is 0.619. The molecule has 28 heavy (non-hydrogen) atoms. The number of methoxy groups -OCH3 is 1. The highest BCUT2D eigenvalue weighted by Gasteiger charge is 2.46. The molecule has 3 rings (SSSR count). The number of benzene rings is 1. The average molecular weight is 414 g/mol. The number of fused-ring (bicyclic) bond motifs is 3. The SMILES string of the molecule is COCCNC(=O)C[C@@H]1C[C@H]2c3cc(NS(C)(=O)=O)ccc3O[C@H]2[C@@H](CO)O1. The summed E-state index contributed by atoms with van der Waals surface area (Å²) < 4.78 is 42.2. The van der Waals surface area contributed by atoms with E-state index in [1.54, 1.807) is 25.3 Å². The van der Waals surface area contributed by atoms with Gasteiger partial charge in [0.25, 0.3) is 0 Å². The Labute approximate surface area is 164 Å².